The van der Waals surface area contributed by atoms with Crippen molar-refractivity contribution in [2.24, 2.45) is 0 Å². The fourth-order valence-corrected chi connectivity index (χ4v) is 3.14. The minimum atomic E-state index is -0.301. The largest absolute Gasteiger partial charge is 0.497 e. The third-order valence-corrected chi connectivity index (χ3v) is 4.43. The van der Waals surface area contributed by atoms with Crippen LogP contribution >= 0.6 is 23.2 Å². The molecule has 0 spiro atoms. The van der Waals surface area contributed by atoms with Gasteiger partial charge in [0.15, 0.2) is 5.76 Å². The molecule has 3 aromatic rings. The quantitative estimate of drug-likeness (QED) is 0.687. The second kappa shape index (κ2) is 7.35. The SMILES string of the molecule is COc1ccc(-c2noc(-c3c(Cl)cccc3Cl)c2CO)c(OC)c1. The van der Waals surface area contributed by atoms with Crippen molar-refractivity contribution in [1.82, 2.24) is 5.16 Å². The summed E-state index contributed by atoms with van der Waals surface area (Å²) in [4.78, 5) is 0. The summed E-state index contributed by atoms with van der Waals surface area (Å²) in [5, 5.41) is 14.8. The van der Waals surface area contributed by atoms with Crippen LogP contribution in [0.5, 0.6) is 11.5 Å². The molecule has 0 saturated heterocycles. The molecule has 0 bridgehead atoms. The molecule has 0 aliphatic carbocycles. The van der Waals surface area contributed by atoms with Crippen molar-refractivity contribution in [3.8, 4) is 34.1 Å². The monoisotopic (exact) mass is 379 g/mol. The van der Waals surface area contributed by atoms with Gasteiger partial charge in [-0.3, -0.25) is 0 Å². The maximum absolute atomic E-state index is 9.91. The first-order chi connectivity index (χ1) is 12.1. The van der Waals surface area contributed by atoms with Gasteiger partial charge in [-0.25, -0.2) is 0 Å². The van der Waals surface area contributed by atoms with E-state index in [9.17, 15) is 5.11 Å². The van der Waals surface area contributed by atoms with Crippen molar-refractivity contribution < 1.29 is 19.1 Å². The van der Waals surface area contributed by atoms with E-state index in [0.29, 0.717) is 49.7 Å². The third kappa shape index (κ3) is 3.18. The van der Waals surface area contributed by atoms with Crippen LogP contribution in [0.1, 0.15) is 5.56 Å². The van der Waals surface area contributed by atoms with E-state index in [2.05, 4.69) is 5.16 Å². The maximum atomic E-state index is 9.91. The van der Waals surface area contributed by atoms with Gasteiger partial charge in [0, 0.05) is 11.6 Å². The van der Waals surface area contributed by atoms with E-state index in [1.165, 1.54) is 0 Å². The van der Waals surface area contributed by atoms with Gasteiger partial charge in [-0.2, -0.15) is 0 Å². The molecule has 0 fully saturated rings. The fourth-order valence-electron chi connectivity index (χ4n) is 2.57. The van der Waals surface area contributed by atoms with E-state index in [1.807, 2.05) is 0 Å². The lowest BCUT2D eigenvalue weighted by Gasteiger charge is -2.10. The predicted octanol–water partition coefficient (Wildman–Crippen LogP) is 4.82. The van der Waals surface area contributed by atoms with Crippen LogP contribution in [0.2, 0.25) is 10.0 Å². The Morgan fingerprint density at radius 1 is 1.08 bits per heavy atom. The summed E-state index contributed by atoms with van der Waals surface area (Å²) < 4.78 is 16.1. The minimum Gasteiger partial charge on any atom is -0.497 e. The Morgan fingerprint density at radius 2 is 1.80 bits per heavy atom. The molecule has 0 amide bonds. The van der Waals surface area contributed by atoms with Crippen molar-refractivity contribution in [2.75, 3.05) is 14.2 Å². The number of aliphatic hydroxyl groups excluding tert-OH is 1. The summed E-state index contributed by atoms with van der Waals surface area (Å²) in [5.41, 5.74) is 2.07. The van der Waals surface area contributed by atoms with Crippen molar-refractivity contribution in [3.05, 3.63) is 52.0 Å². The number of hydrogen-bond donors (Lipinski definition) is 1. The Morgan fingerprint density at radius 3 is 2.40 bits per heavy atom. The van der Waals surface area contributed by atoms with Gasteiger partial charge < -0.3 is 19.1 Å². The van der Waals surface area contributed by atoms with Gasteiger partial charge in [-0.05, 0) is 24.3 Å². The highest BCUT2D eigenvalue weighted by Gasteiger charge is 2.24. The zero-order valence-electron chi connectivity index (χ0n) is 13.5. The van der Waals surface area contributed by atoms with Gasteiger partial charge >= 0.3 is 0 Å². The lowest BCUT2D eigenvalue weighted by Crippen LogP contribution is -1.94. The van der Waals surface area contributed by atoms with Crippen molar-refractivity contribution >= 4 is 23.2 Å². The number of nitrogens with zero attached hydrogens (tertiary/aromatic N) is 1. The third-order valence-electron chi connectivity index (χ3n) is 3.80. The highest BCUT2D eigenvalue weighted by molar-refractivity contribution is 6.39. The van der Waals surface area contributed by atoms with Crippen LogP contribution in [0.25, 0.3) is 22.6 Å². The number of methoxy groups -OCH3 is 2. The molecule has 0 aliphatic heterocycles. The Bertz CT molecular complexity index is 888. The zero-order valence-corrected chi connectivity index (χ0v) is 15.1. The average Bonchev–Trinajstić information content (AvgIpc) is 3.04. The smallest absolute Gasteiger partial charge is 0.176 e. The molecular weight excluding hydrogens is 365 g/mol. The van der Waals surface area contributed by atoms with E-state index in [-0.39, 0.29) is 6.61 Å². The van der Waals surface area contributed by atoms with Gasteiger partial charge in [-0.1, -0.05) is 34.4 Å². The van der Waals surface area contributed by atoms with Crippen LogP contribution in [-0.2, 0) is 6.61 Å². The number of aliphatic hydroxyl groups is 1. The zero-order chi connectivity index (χ0) is 18.0. The molecular formula is C18H15Cl2NO4. The molecule has 25 heavy (non-hydrogen) atoms. The molecule has 130 valence electrons. The molecule has 0 atom stereocenters. The molecule has 0 aliphatic rings. The van der Waals surface area contributed by atoms with Crippen LogP contribution in [0.4, 0.5) is 0 Å². The van der Waals surface area contributed by atoms with Crippen molar-refractivity contribution in [2.45, 2.75) is 6.61 Å². The second-order valence-electron chi connectivity index (χ2n) is 5.16. The van der Waals surface area contributed by atoms with Crippen LogP contribution in [-0.4, -0.2) is 24.5 Å². The molecule has 5 nitrogen and oxygen atoms in total. The summed E-state index contributed by atoms with van der Waals surface area (Å²) >= 11 is 12.5. The lowest BCUT2D eigenvalue weighted by molar-refractivity contribution is 0.281. The van der Waals surface area contributed by atoms with E-state index >= 15 is 0 Å². The molecule has 1 aromatic heterocycles. The molecule has 0 saturated carbocycles. The summed E-state index contributed by atoms with van der Waals surface area (Å²) in [6.45, 7) is -0.301. The van der Waals surface area contributed by atoms with Crippen LogP contribution in [0, 0.1) is 0 Å². The van der Waals surface area contributed by atoms with Gasteiger partial charge in [0.25, 0.3) is 0 Å². The number of ether oxygens (including phenoxy) is 2. The normalized spacial score (nSPS) is 10.8. The molecule has 3 rings (SSSR count). The first kappa shape index (κ1) is 17.6. The fraction of sp³-hybridized carbons (Fsp3) is 0.167. The summed E-state index contributed by atoms with van der Waals surface area (Å²) in [7, 11) is 3.12. The molecule has 1 N–H and O–H groups in total. The van der Waals surface area contributed by atoms with E-state index < -0.39 is 0 Å². The van der Waals surface area contributed by atoms with Gasteiger partial charge in [0.1, 0.15) is 17.2 Å². The molecule has 0 unspecified atom stereocenters. The van der Waals surface area contributed by atoms with Crippen LogP contribution < -0.4 is 9.47 Å². The predicted molar refractivity (Wildman–Crippen MR) is 96.4 cm³/mol. The number of hydrogen-bond acceptors (Lipinski definition) is 5. The van der Waals surface area contributed by atoms with Gasteiger partial charge in [-0.15, -0.1) is 0 Å². The maximum Gasteiger partial charge on any atom is 0.176 e. The summed E-state index contributed by atoms with van der Waals surface area (Å²) in [5.74, 6) is 1.51. The Labute approximate surface area is 154 Å². The lowest BCUT2D eigenvalue weighted by atomic mass is 10.0. The highest BCUT2D eigenvalue weighted by atomic mass is 35.5. The standard InChI is InChI=1S/C18H15Cl2NO4/c1-23-10-6-7-11(15(8-10)24-2)17-12(9-22)18(25-21-17)16-13(19)4-3-5-14(16)20/h3-8,22H,9H2,1-2H3. The molecule has 2 aromatic carbocycles. The van der Waals surface area contributed by atoms with E-state index in [0.717, 1.165) is 0 Å². The van der Waals surface area contributed by atoms with E-state index in [1.54, 1.807) is 50.6 Å². The number of rotatable bonds is 5. The minimum absolute atomic E-state index is 0.301. The number of benzene rings is 2. The summed E-state index contributed by atoms with van der Waals surface area (Å²) in [6.07, 6.45) is 0. The van der Waals surface area contributed by atoms with Crippen molar-refractivity contribution in [1.29, 1.82) is 0 Å². The highest BCUT2D eigenvalue weighted by Crippen LogP contribution is 2.42. The second-order valence-corrected chi connectivity index (χ2v) is 5.97. The summed E-state index contributed by atoms with van der Waals surface area (Å²) in [6, 6.07) is 10.4. The topological polar surface area (TPSA) is 64.7 Å². The van der Waals surface area contributed by atoms with Crippen LogP contribution in [0.3, 0.4) is 0 Å². The Balaban J connectivity index is 2.19. The Hall–Kier alpha value is -2.21. The molecule has 1 heterocycles. The molecule has 7 heteroatoms. The van der Waals surface area contributed by atoms with Gasteiger partial charge in [0.2, 0.25) is 0 Å². The first-order valence-electron chi connectivity index (χ1n) is 7.36. The number of aromatic nitrogens is 1. The van der Waals surface area contributed by atoms with Crippen LogP contribution in [0.15, 0.2) is 40.9 Å². The first-order valence-corrected chi connectivity index (χ1v) is 8.12. The van der Waals surface area contributed by atoms with E-state index in [4.69, 9.17) is 37.2 Å². The number of halogens is 2. The van der Waals surface area contributed by atoms with Gasteiger partial charge in [0.05, 0.1) is 42.0 Å². The van der Waals surface area contributed by atoms with Crippen molar-refractivity contribution in [3.63, 3.8) is 0 Å². The Kier molecular flexibility index (Phi) is 5.18. The average molecular weight is 380 g/mol. The molecule has 0 radical (unpaired) electrons.